The van der Waals surface area contributed by atoms with Crippen molar-refractivity contribution in [2.75, 3.05) is 33.9 Å². The highest BCUT2D eigenvalue weighted by molar-refractivity contribution is 7.90. The molecule has 5 rings (SSSR count). The van der Waals surface area contributed by atoms with Gasteiger partial charge in [0.25, 0.3) is 5.56 Å². The number of benzene rings is 1. The first-order valence-electron chi connectivity index (χ1n) is 17.1. The molecule has 0 spiro atoms. The van der Waals surface area contributed by atoms with Crippen molar-refractivity contribution in [2.24, 2.45) is 5.92 Å². The highest BCUT2D eigenvalue weighted by atomic mass is 32.2. The number of rotatable bonds is 10. The van der Waals surface area contributed by atoms with Crippen LogP contribution in [0.1, 0.15) is 73.1 Å². The summed E-state index contributed by atoms with van der Waals surface area (Å²) in [6, 6.07) is 7.12. The maximum Gasteiger partial charge on any atom is 0.255 e. The molecule has 2 aromatic rings. The number of carbonyl (C=O) groups excluding carboxylic acids is 4. The van der Waals surface area contributed by atoms with Crippen molar-refractivity contribution in [1.29, 1.82) is 0 Å². The molecule has 0 radical (unpaired) electrons. The van der Waals surface area contributed by atoms with Gasteiger partial charge in [0, 0.05) is 31.3 Å². The number of nitrogens with zero attached hydrogens (tertiary/aromatic N) is 1. The Morgan fingerprint density at radius 2 is 1.63 bits per heavy atom. The van der Waals surface area contributed by atoms with Gasteiger partial charge >= 0.3 is 0 Å². The van der Waals surface area contributed by atoms with E-state index in [0.717, 1.165) is 36.3 Å². The molecular formula is C37H59N5O9S. The van der Waals surface area contributed by atoms with Crippen LogP contribution in [0.5, 0.6) is 5.75 Å². The van der Waals surface area contributed by atoms with Crippen LogP contribution in [0.25, 0.3) is 10.8 Å². The van der Waals surface area contributed by atoms with Gasteiger partial charge < -0.3 is 30.0 Å². The summed E-state index contributed by atoms with van der Waals surface area (Å²) in [7, 11) is -0.233. The minimum absolute atomic E-state index is 0.0680. The highest BCUT2D eigenvalue weighted by Crippen LogP contribution is 2.27. The topological polar surface area (TPSA) is 193 Å². The lowest BCUT2D eigenvalue weighted by Crippen LogP contribution is -2.49. The second kappa shape index (κ2) is 28.0. The van der Waals surface area contributed by atoms with E-state index >= 15 is 0 Å². The highest BCUT2D eigenvalue weighted by Gasteiger charge is 2.36. The van der Waals surface area contributed by atoms with Crippen LogP contribution >= 0.6 is 0 Å². The summed E-state index contributed by atoms with van der Waals surface area (Å²) in [5, 5.41) is 6.68. The number of H-pyrrole nitrogens is 1. The predicted octanol–water partition coefficient (Wildman–Crippen LogP) is 3.52. The summed E-state index contributed by atoms with van der Waals surface area (Å²) in [5.41, 5.74) is -0.0693. The first-order chi connectivity index (χ1) is 24.8. The van der Waals surface area contributed by atoms with Gasteiger partial charge in [-0.15, -0.1) is 26.0 Å². The van der Waals surface area contributed by atoms with Gasteiger partial charge in [-0.2, -0.15) is 0 Å². The smallest absolute Gasteiger partial charge is 0.255 e. The first kappa shape index (κ1) is 49.4. The number of amides is 4. The molecule has 15 heteroatoms. The van der Waals surface area contributed by atoms with E-state index in [4.69, 9.17) is 4.74 Å². The van der Waals surface area contributed by atoms with Crippen LogP contribution in [0, 0.1) is 18.8 Å². The zero-order valence-electron chi connectivity index (χ0n) is 31.7. The zero-order chi connectivity index (χ0) is 40.3. The van der Waals surface area contributed by atoms with Crippen LogP contribution in [-0.4, -0.2) is 93.7 Å². The van der Waals surface area contributed by atoms with Crippen molar-refractivity contribution in [3.63, 3.8) is 0 Å². The summed E-state index contributed by atoms with van der Waals surface area (Å²) in [6.07, 6.45) is 14.8. The molecule has 1 aromatic carbocycles. The third-order valence-electron chi connectivity index (χ3n) is 6.67. The average Bonchev–Trinajstić information content (AvgIpc) is 4.09. The lowest BCUT2D eigenvalue weighted by Gasteiger charge is -2.24. The molecule has 52 heavy (non-hydrogen) atoms. The van der Waals surface area contributed by atoms with E-state index in [9.17, 15) is 32.4 Å². The second-order valence-electron chi connectivity index (χ2n) is 11.7. The number of aromatic nitrogens is 1. The van der Waals surface area contributed by atoms with Crippen molar-refractivity contribution in [2.45, 2.75) is 90.5 Å². The summed E-state index contributed by atoms with van der Waals surface area (Å²) >= 11 is 0. The van der Waals surface area contributed by atoms with Crippen LogP contribution in [0.2, 0.25) is 0 Å². The van der Waals surface area contributed by atoms with Crippen LogP contribution < -0.4 is 25.7 Å². The number of nitrogens with one attached hydrogen (secondary N) is 4. The summed E-state index contributed by atoms with van der Waals surface area (Å²) in [6.45, 7) is 16.9. The van der Waals surface area contributed by atoms with Crippen molar-refractivity contribution >= 4 is 44.9 Å². The van der Waals surface area contributed by atoms with Crippen molar-refractivity contribution in [3.05, 3.63) is 54.0 Å². The number of fused-ring (bicyclic) bond motifs is 1. The van der Waals surface area contributed by atoms with Crippen molar-refractivity contribution in [3.8, 4) is 18.6 Å². The number of ether oxygens (including phenoxy) is 2. The van der Waals surface area contributed by atoms with E-state index in [1.54, 1.807) is 35.1 Å². The molecule has 0 unspecified atom stereocenters. The molecule has 1 atom stereocenters. The molecule has 2 heterocycles. The summed E-state index contributed by atoms with van der Waals surface area (Å²) < 4.78 is 32.8. The predicted molar refractivity (Wildman–Crippen MR) is 206 cm³/mol. The first-order valence-corrected chi connectivity index (χ1v) is 18.7. The van der Waals surface area contributed by atoms with Gasteiger partial charge in [0.1, 0.15) is 18.4 Å². The summed E-state index contributed by atoms with van der Waals surface area (Å²) in [5.74, 6) is 0.974. The Hall–Kier alpha value is -4.68. The third-order valence-corrected chi connectivity index (χ3v) is 8.44. The minimum atomic E-state index is -3.26. The Morgan fingerprint density at radius 1 is 1.04 bits per heavy atom. The molecular weight excluding hydrogens is 691 g/mol. The van der Waals surface area contributed by atoms with E-state index in [-0.39, 0.29) is 54.1 Å². The van der Waals surface area contributed by atoms with E-state index in [1.165, 1.54) is 7.11 Å². The largest absolute Gasteiger partial charge is 0.497 e. The monoisotopic (exact) mass is 749 g/mol. The second-order valence-corrected chi connectivity index (χ2v) is 13.7. The number of pyridine rings is 1. The third kappa shape index (κ3) is 20.2. The maximum atomic E-state index is 12.1. The lowest BCUT2D eigenvalue weighted by molar-refractivity contribution is -0.139. The van der Waals surface area contributed by atoms with Crippen molar-refractivity contribution in [1.82, 2.24) is 25.2 Å². The van der Waals surface area contributed by atoms with Crippen LogP contribution in [0.4, 0.5) is 0 Å². The van der Waals surface area contributed by atoms with E-state index in [1.807, 2.05) is 26.0 Å². The van der Waals surface area contributed by atoms with Gasteiger partial charge in [-0.05, 0) is 74.1 Å². The van der Waals surface area contributed by atoms with E-state index < -0.39 is 10.0 Å². The molecule has 3 fully saturated rings. The SMILES string of the molecule is C#C.C=C.CC.CC(C)C.COCC(=O)NCC(=O)N1CCC[C@H]1C(=O)NC1CC1.COc1ccc2c(=O)[nH]ccc2c1.O=CNS(=O)(=O)C1CC1. The number of hydrogen-bond acceptors (Lipinski definition) is 9. The molecule has 2 saturated carbocycles. The zero-order valence-corrected chi connectivity index (χ0v) is 32.6. The van der Waals surface area contributed by atoms with Gasteiger partial charge in [-0.1, -0.05) is 34.6 Å². The van der Waals surface area contributed by atoms with Gasteiger partial charge in [0.2, 0.25) is 34.2 Å². The standard InChI is InChI=1S/C13H21N3O4.C10H9NO2.C4H7NO3S.C4H10.C2H6.C2H4.C2H2/c1-20-8-11(17)14-7-12(18)16-6-2-3-10(16)13(19)15-9-4-5-9;1-13-8-2-3-9-7(6-8)4-5-11-10(9)12;6-3-5-9(7,8)4-1-2-4;1-4(2)3;3*1-2/h9-10H,2-8H2,1H3,(H,14,17)(H,15,19);2-6H,1H3,(H,11,12);3-4H,1-2H2,(H,5,6);4H,1-3H3;1-2H3;1-2H2;1-2H/t10-;;;;;;/m0....../s1. The van der Waals surface area contributed by atoms with E-state index in [2.05, 4.69) is 67.1 Å². The number of sulfonamides is 1. The van der Waals surface area contributed by atoms with Gasteiger partial charge in [0.05, 0.1) is 18.9 Å². The van der Waals surface area contributed by atoms with Gasteiger partial charge in [0.15, 0.2) is 0 Å². The number of carbonyl (C=O) groups is 4. The Balaban J connectivity index is 0. The Morgan fingerprint density at radius 3 is 2.13 bits per heavy atom. The number of likely N-dealkylation sites (tertiary alicyclic amines) is 1. The van der Waals surface area contributed by atoms with Crippen LogP contribution in [0.3, 0.4) is 0 Å². The minimum Gasteiger partial charge on any atom is -0.497 e. The Bertz CT molecular complexity index is 1530. The molecule has 2 aliphatic carbocycles. The lowest BCUT2D eigenvalue weighted by atomic mass is 10.2. The normalized spacial score (nSPS) is 15.1. The van der Waals surface area contributed by atoms with Gasteiger partial charge in [-0.3, -0.25) is 28.7 Å². The van der Waals surface area contributed by atoms with Crippen molar-refractivity contribution < 1.29 is 37.1 Å². The number of aromatic amines is 1. The molecule has 292 valence electrons. The molecule has 1 aliphatic heterocycles. The number of methoxy groups -OCH3 is 2. The van der Waals surface area contributed by atoms with Crippen LogP contribution in [0.15, 0.2) is 48.4 Å². The molecule has 0 bridgehead atoms. The molecule has 14 nitrogen and oxygen atoms in total. The molecule has 4 amide bonds. The fourth-order valence-electron chi connectivity index (χ4n) is 4.16. The Labute approximate surface area is 309 Å². The number of hydrogen-bond donors (Lipinski definition) is 4. The molecule has 1 aromatic heterocycles. The fourth-order valence-corrected chi connectivity index (χ4v) is 5.24. The van der Waals surface area contributed by atoms with E-state index in [0.29, 0.717) is 37.2 Å². The molecule has 3 aliphatic rings. The quantitative estimate of drug-likeness (QED) is 0.160. The number of terminal acetylenes is 1. The molecule has 1 saturated heterocycles. The Kier molecular flexibility index (Phi) is 26.6. The van der Waals surface area contributed by atoms with Crippen LogP contribution in [-0.2, 0) is 33.9 Å². The summed E-state index contributed by atoms with van der Waals surface area (Å²) in [4.78, 5) is 60.5. The molecule has 4 N–H and O–H groups in total. The average molecular weight is 750 g/mol. The van der Waals surface area contributed by atoms with Gasteiger partial charge in [-0.25, -0.2) is 8.42 Å². The maximum absolute atomic E-state index is 12.1. The fraction of sp³-hybridized carbons (Fsp3) is 0.541.